The summed E-state index contributed by atoms with van der Waals surface area (Å²) in [5.74, 6) is 0.646. The van der Waals surface area contributed by atoms with Crippen molar-refractivity contribution in [2.24, 2.45) is 0 Å². The van der Waals surface area contributed by atoms with Crippen LogP contribution >= 0.6 is 0 Å². The van der Waals surface area contributed by atoms with Crippen LogP contribution in [0.3, 0.4) is 0 Å². The van der Waals surface area contributed by atoms with E-state index in [9.17, 15) is 4.79 Å². The largest absolute Gasteiger partial charge is 0.345 e. The van der Waals surface area contributed by atoms with Crippen LogP contribution in [0.25, 0.3) is 0 Å². The van der Waals surface area contributed by atoms with Crippen LogP contribution in [0, 0.1) is 0 Å². The quantitative estimate of drug-likeness (QED) is 0.768. The third-order valence-electron chi connectivity index (χ3n) is 2.95. The minimum Gasteiger partial charge on any atom is -0.345 e. The van der Waals surface area contributed by atoms with E-state index in [0.717, 1.165) is 32.3 Å². The highest BCUT2D eigenvalue weighted by Crippen LogP contribution is 2.26. The smallest absolute Gasteiger partial charge is 0.209 e. The first-order valence-electron chi connectivity index (χ1n) is 6.85. The van der Waals surface area contributed by atoms with E-state index in [1.54, 1.807) is 0 Å². The van der Waals surface area contributed by atoms with Gasteiger partial charge in [0.2, 0.25) is 6.41 Å². The molecular weight excluding hydrogens is 238 g/mol. The number of hydrogen-bond donors (Lipinski definition) is 0. The highest BCUT2D eigenvalue weighted by molar-refractivity contribution is 5.47. The van der Waals surface area contributed by atoms with Crippen molar-refractivity contribution in [1.29, 1.82) is 0 Å². The summed E-state index contributed by atoms with van der Waals surface area (Å²) in [4.78, 5) is 20.4. The van der Waals surface area contributed by atoms with Crippen LogP contribution in [0.1, 0.15) is 44.6 Å². The molecule has 1 amide bonds. The average molecular weight is 263 g/mol. The molecule has 3 nitrogen and oxygen atoms in total. The molecule has 1 aromatic carbocycles. The molecule has 19 heavy (non-hydrogen) atoms. The van der Waals surface area contributed by atoms with E-state index in [-0.39, 0.29) is 0 Å². The number of nitrogens with zero attached hydrogens (tertiary/aromatic N) is 1. The van der Waals surface area contributed by atoms with E-state index in [1.165, 1.54) is 12.0 Å². The van der Waals surface area contributed by atoms with Gasteiger partial charge in [-0.25, -0.2) is 0 Å². The first-order valence-corrected chi connectivity index (χ1v) is 6.85. The Labute approximate surface area is 116 Å². The zero-order valence-corrected chi connectivity index (χ0v) is 12.0. The SMILES string of the molecule is C=O.CCC.O=CN1CCC(c2ccccc2)CC1. The second-order valence-electron chi connectivity index (χ2n) is 4.53. The maximum absolute atomic E-state index is 10.5. The van der Waals surface area contributed by atoms with E-state index in [4.69, 9.17) is 4.79 Å². The molecule has 1 aliphatic heterocycles. The normalized spacial score (nSPS) is 14.5. The van der Waals surface area contributed by atoms with Crippen LogP contribution in [-0.4, -0.2) is 31.2 Å². The molecule has 106 valence electrons. The maximum Gasteiger partial charge on any atom is 0.209 e. The van der Waals surface area contributed by atoms with Gasteiger partial charge in [0, 0.05) is 13.1 Å². The molecule has 1 heterocycles. The van der Waals surface area contributed by atoms with Gasteiger partial charge in [-0.2, -0.15) is 0 Å². The Morgan fingerprint density at radius 1 is 1.16 bits per heavy atom. The Morgan fingerprint density at radius 3 is 2.05 bits per heavy atom. The number of benzene rings is 1. The zero-order valence-electron chi connectivity index (χ0n) is 12.0. The highest BCUT2D eigenvalue weighted by Gasteiger charge is 2.18. The van der Waals surface area contributed by atoms with Crippen LogP contribution in [0.2, 0.25) is 0 Å². The summed E-state index contributed by atoms with van der Waals surface area (Å²) < 4.78 is 0. The standard InChI is InChI=1S/C12H15NO.C3H8.CH2O/c14-10-13-8-6-12(7-9-13)11-4-2-1-3-5-11;1-3-2;1-2/h1-5,10,12H,6-9H2;3H2,1-2H3;1H2. The minimum atomic E-state index is 0.646. The molecule has 1 fully saturated rings. The highest BCUT2D eigenvalue weighted by atomic mass is 16.1. The fraction of sp³-hybridized carbons (Fsp3) is 0.500. The monoisotopic (exact) mass is 263 g/mol. The molecule has 1 aliphatic rings. The molecule has 0 aliphatic carbocycles. The van der Waals surface area contributed by atoms with Gasteiger partial charge in [0.1, 0.15) is 6.79 Å². The van der Waals surface area contributed by atoms with Crippen molar-refractivity contribution in [2.75, 3.05) is 13.1 Å². The van der Waals surface area contributed by atoms with Gasteiger partial charge in [0.05, 0.1) is 0 Å². The molecule has 0 atom stereocenters. The number of likely N-dealkylation sites (tertiary alicyclic amines) is 1. The number of piperidine rings is 1. The summed E-state index contributed by atoms with van der Waals surface area (Å²) in [5.41, 5.74) is 1.41. The zero-order chi connectivity index (χ0) is 14.5. The first-order chi connectivity index (χ1) is 9.31. The first kappa shape index (κ1) is 17.4. The fourth-order valence-electron chi connectivity index (χ4n) is 2.06. The van der Waals surface area contributed by atoms with Gasteiger partial charge in [0.15, 0.2) is 0 Å². The summed E-state index contributed by atoms with van der Waals surface area (Å²) in [5, 5.41) is 0. The van der Waals surface area contributed by atoms with Gasteiger partial charge >= 0.3 is 0 Å². The van der Waals surface area contributed by atoms with Crippen LogP contribution in [-0.2, 0) is 9.59 Å². The van der Waals surface area contributed by atoms with Gasteiger partial charge in [-0.05, 0) is 24.3 Å². The van der Waals surface area contributed by atoms with Gasteiger partial charge in [-0.15, -0.1) is 0 Å². The number of hydrogen-bond acceptors (Lipinski definition) is 2. The summed E-state index contributed by atoms with van der Waals surface area (Å²) in [6.07, 6.45) is 4.41. The molecule has 0 N–H and O–H groups in total. The molecule has 0 radical (unpaired) electrons. The molecule has 0 spiro atoms. The Kier molecular flexibility index (Phi) is 10.5. The van der Waals surface area contributed by atoms with Gasteiger partial charge in [-0.1, -0.05) is 50.6 Å². The Morgan fingerprint density at radius 2 is 1.63 bits per heavy atom. The lowest BCUT2D eigenvalue weighted by Gasteiger charge is -2.29. The maximum atomic E-state index is 10.5. The molecule has 0 bridgehead atoms. The van der Waals surface area contributed by atoms with Gasteiger partial charge in [-0.3, -0.25) is 4.79 Å². The van der Waals surface area contributed by atoms with E-state index >= 15 is 0 Å². The summed E-state index contributed by atoms with van der Waals surface area (Å²) in [6, 6.07) is 10.6. The van der Waals surface area contributed by atoms with E-state index < -0.39 is 0 Å². The third kappa shape index (κ3) is 6.75. The van der Waals surface area contributed by atoms with Crippen molar-refractivity contribution in [3.63, 3.8) is 0 Å². The van der Waals surface area contributed by atoms with Crippen molar-refractivity contribution in [3.8, 4) is 0 Å². The van der Waals surface area contributed by atoms with E-state index in [2.05, 4.69) is 38.1 Å². The van der Waals surface area contributed by atoms with Crippen molar-refractivity contribution in [2.45, 2.75) is 39.0 Å². The molecule has 0 saturated carbocycles. The minimum absolute atomic E-state index is 0.646. The lowest BCUT2D eigenvalue weighted by atomic mass is 9.90. The number of carbonyl (C=O) groups is 2. The predicted molar refractivity (Wildman–Crippen MR) is 79.1 cm³/mol. The van der Waals surface area contributed by atoms with Gasteiger partial charge in [0.25, 0.3) is 0 Å². The van der Waals surface area contributed by atoms with Crippen LogP contribution in [0.5, 0.6) is 0 Å². The summed E-state index contributed by atoms with van der Waals surface area (Å²) in [6.45, 7) is 8.06. The topological polar surface area (TPSA) is 37.4 Å². The molecule has 3 heteroatoms. The van der Waals surface area contributed by atoms with Crippen molar-refractivity contribution in [1.82, 2.24) is 4.90 Å². The number of carbonyl (C=O) groups excluding carboxylic acids is 2. The summed E-state index contributed by atoms with van der Waals surface area (Å²) in [7, 11) is 0. The van der Waals surface area contributed by atoms with Crippen molar-refractivity contribution in [3.05, 3.63) is 35.9 Å². The second-order valence-corrected chi connectivity index (χ2v) is 4.53. The van der Waals surface area contributed by atoms with Crippen molar-refractivity contribution < 1.29 is 9.59 Å². The second kappa shape index (κ2) is 11.5. The lowest BCUT2D eigenvalue weighted by molar-refractivity contribution is -0.119. The molecular formula is C16H25NO2. The number of rotatable bonds is 2. The molecule has 2 rings (SSSR count). The van der Waals surface area contributed by atoms with E-state index in [1.807, 2.05) is 17.8 Å². The van der Waals surface area contributed by atoms with Crippen molar-refractivity contribution >= 4 is 13.2 Å². The van der Waals surface area contributed by atoms with Crippen LogP contribution < -0.4 is 0 Å². The lowest BCUT2D eigenvalue weighted by Crippen LogP contribution is -2.31. The third-order valence-corrected chi connectivity index (χ3v) is 2.95. The molecule has 1 aromatic rings. The Bertz CT molecular complexity index is 319. The molecule has 0 aromatic heterocycles. The fourth-order valence-corrected chi connectivity index (χ4v) is 2.06. The Balaban J connectivity index is 0.000000573. The average Bonchev–Trinajstić information content (AvgIpc) is 2.51. The number of amides is 1. The van der Waals surface area contributed by atoms with Crippen LogP contribution in [0.15, 0.2) is 30.3 Å². The Hall–Kier alpha value is -1.64. The van der Waals surface area contributed by atoms with Crippen LogP contribution in [0.4, 0.5) is 0 Å². The molecule has 1 saturated heterocycles. The van der Waals surface area contributed by atoms with E-state index in [0.29, 0.717) is 5.92 Å². The predicted octanol–water partition coefficient (Wildman–Crippen LogP) is 3.25. The summed E-state index contributed by atoms with van der Waals surface area (Å²) >= 11 is 0. The van der Waals surface area contributed by atoms with Gasteiger partial charge < -0.3 is 9.69 Å². The molecule has 0 unspecified atom stereocenters.